The van der Waals surface area contributed by atoms with E-state index < -0.39 is 0 Å². The molecule has 0 saturated carbocycles. The molecule has 4 nitrogen and oxygen atoms in total. The molecular weight excluding hydrogens is 220 g/mol. The first-order chi connectivity index (χ1) is 7.90. The molecule has 0 bridgehead atoms. The Bertz CT molecular complexity index is 382. The summed E-state index contributed by atoms with van der Waals surface area (Å²) in [6, 6.07) is 0.237. The van der Waals surface area contributed by atoms with Crippen LogP contribution in [0.3, 0.4) is 0 Å². The van der Waals surface area contributed by atoms with Crippen molar-refractivity contribution in [3.63, 3.8) is 0 Å². The van der Waals surface area contributed by atoms with Gasteiger partial charge in [0.25, 0.3) is 0 Å². The fourth-order valence-electron chi connectivity index (χ4n) is 1.58. The van der Waals surface area contributed by atoms with E-state index in [1.165, 1.54) is 0 Å². The van der Waals surface area contributed by atoms with Crippen LogP contribution in [0.5, 0.6) is 0 Å². The molecule has 1 atom stereocenters. The summed E-state index contributed by atoms with van der Waals surface area (Å²) in [6.45, 7) is 3.16. The molecule has 16 heavy (non-hydrogen) atoms. The predicted octanol–water partition coefficient (Wildman–Crippen LogP) is 2.15. The summed E-state index contributed by atoms with van der Waals surface area (Å²) in [6.07, 6.45) is 7.51. The number of aromatic amines is 1. The highest BCUT2D eigenvalue weighted by Gasteiger charge is 2.14. The minimum Gasteiger partial charge on any atom is -0.347 e. The Morgan fingerprint density at radius 1 is 1.44 bits per heavy atom. The molecule has 0 fully saturated rings. The van der Waals surface area contributed by atoms with E-state index in [0.717, 1.165) is 30.2 Å². The fourth-order valence-corrected chi connectivity index (χ4v) is 2.24. The number of nitrogens with one attached hydrogen (secondary N) is 2. The second-order valence-corrected chi connectivity index (χ2v) is 4.59. The number of thiazole rings is 1. The molecule has 1 unspecified atom stereocenters. The Labute approximate surface area is 99.2 Å². The molecule has 2 aromatic heterocycles. The molecule has 0 amide bonds. The van der Waals surface area contributed by atoms with Crippen LogP contribution in [0.25, 0.3) is 0 Å². The summed E-state index contributed by atoms with van der Waals surface area (Å²) in [5.41, 5.74) is 0. The van der Waals surface area contributed by atoms with Crippen molar-refractivity contribution in [1.82, 2.24) is 20.3 Å². The van der Waals surface area contributed by atoms with Crippen LogP contribution in [-0.2, 0) is 6.42 Å². The van der Waals surface area contributed by atoms with Gasteiger partial charge in [0.2, 0.25) is 0 Å². The number of nitrogens with zero attached hydrogens (tertiary/aromatic N) is 2. The van der Waals surface area contributed by atoms with E-state index in [1.54, 1.807) is 17.5 Å². The maximum atomic E-state index is 4.31. The van der Waals surface area contributed by atoms with Crippen molar-refractivity contribution in [3.8, 4) is 0 Å². The first-order valence-electron chi connectivity index (χ1n) is 5.51. The average molecular weight is 236 g/mol. The smallest absolute Gasteiger partial charge is 0.123 e. The lowest BCUT2D eigenvalue weighted by atomic mass is 10.2. The van der Waals surface area contributed by atoms with Crippen molar-refractivity contribution in [2.45, 2.75) is 25.8 Å². The second-order valence-electron chi connectivity index (χ2n) is 3.61. The van der Waals surface area contributed by atoms with Gasteiger partial charge in [-0.3, -0.25) is 0 Å². The molecule has 0 aliphatic rings. The molecule has 0 aliphatic carbocycles. The van der Waals surface area contributed by atoms with Gasteiger partial charge in [-0.25, -0.2) is 9.97 Å². The third kappa shape index (κ3) is 2.90. The number of hydrogen-bond donors (Lipinski definition) is 2. The summed E-state index contributed by atoms with van der Waals surface area (Å²) in [5.74, 6) is 0.989. The molecule has 86 valence electrons. The summed E-state index contributed by atoms with van der Waals surface area (Å²) in [7, 11) is 0. The number of imidazole rings is 1. The Morgan fingerprint density at radius 3 is 3.00 bits per heavy atom. The lowest BCUT2D eigenvalue weighted by molar-refractivity contribution is 0.507. The Balaban J connectivity index is 2.03. The van der Waals surface area contributed by atoms with E-state index in [0.29, 0.717) is 0 Å². The first kappa shape index (κ1) is 11.3. The molecule has 0 aromatic carbocycles. The maximum Gasteiger partial charge on any atom is 0.123 e. The van der Waals surface area contributed by atoms with Gasteiger partial charge in [0, 0.05) is 30.4 Å². The SMILES string of the molecule is CCCNC(Cc1nccs1)c1ncc[nH]1. The Kier molecular flexibility index (Phi) is 4.07. The minimum atomic E-state index is 0.237. The lowest BCUT2D eigenvalue weighted by Gasteiger charge is -2.14. The number of rotatable bonds is 6. The zero-order chi connectivity index (χ0) is 11.2. The van der Waals surface area contributed by atoms with Crippen LogP contribution in [0.4, 0.5) is 0 Å². The molecule has 2 heterocycles. The first-order valence-corrected chi connectivity index (χ1v) is 6.39. The molecule has 0 radical (unpaired) electrons. The van der Waals surface area contributed by atoms with Gasteiger partial charge >= 0.3 is 0 Å². The van der Waals surface area contributed by atoms with Crippen LogP contribution in [0, 0.1) is 0 Å². The molecule has 0 spiro atoms. The number of hydrogen-bond acceptors (Lipinski definition) is 4. The van der Waals surface area contributed by atoms with E-state index in [-0.39, 0.29) is 6.04 Å². The predicted molar refractivity (Wildman–Crippen MR) is 65.4 cm³/mol. The summed E-state index contributed by atoms with van der Waals surface area (Å²) < 4.78 is 0. The molecule has 2 rings (SSSR count). The minimum absolute atomic E-state index is 0.237. The van der Waals surface area contributed by atoms with Gasteiger partial charge in [-0.2, -0.15) is 0 Å². The number of aromatic nitrogens is 3. The average Bonchev–Trinajstić information content (AvgIpc) is 2.96. The molecular formula is C11H16N4S. The van der Waals surface area contributed by atoms with E-state index >= 15 is 0 Å². The van der Waals surface area contributed by atoms with Crippen LogP contribution in [0.15, 0.2) is 24.0 Å². The van der Waals surface area contributed by atoms with Crippen LogP contribution >= 0.6 is 11.3 Å². The van der Waals surface area contributed by atoms with Gasteiger partial charge in [-0.1, -0.05) is 6.92 Å². The van der Waals surface area contributed by atoms with Gasteiger partial charge < -0.3 is 10.3 Å². The Hall–Kier alpha value is -1.20. The zero-order valence-corrected chi connectivity index (χ0v) is 10.1. The van der Waals surface area contributed by atoms with Crippen molar-refractivity contribution in [3.05, 3.63) is 34.8 Å². The van der Waals surface area contributed by atoms with E-state index in [9.17, 15) is 0 Å². The van der Waals surface area contributed by atoms with Gasteiger partial charge in [0.15, 0.2) is 0 Å². The van der Waals surface area contributed by atoms with Gasteiger partial charge in [0.05, 0.1) is 11.0 Å². The van der Waals surface area contributed by atoms with Gasteiger partial charge in [-0.15, -0.1) is 11.3 Å². The monoisotopic (exact) mass is 236 g/mol. The van der Waals surface area contributed by atoms with Crippen molar-refractivity contribution in [1.29, 1.82) is 0 Å². The van der Waals surface area contributed by atoms with Crippen LogP contribution in [-0.4, -0.2) is 21.5 Å². The van der Waals surface area contributed by atoms with Gasteiger partial charge in [-0.05, 0) is 13.0 Å². The molecule has 0 aliphatic heterocycles. The van der Waals surface area contributed by atoms with Crippen LogP contribution in [0.1, 0.15) is 30.2 Å². The molecule has 2 N–H and O–H groups in total. The largest absolute Gasteiger partial charge is 0.347 e. The third-order valence-corrected chi connectivity index (χ3v) is 3.15. The standard InChI is InChI=1S/C11H16N4S/c1-2-3-12-9(11-14-4-5-15-11)8-10-13-6-7-16-10/h4-7,9,12H,2-3,8H2,1H3,(H,14,15). The summed E-state index contributed by atoms with van der Waals surface area (Å²) >= 11 is 1.69. The van der Waals surface area contributed by atoms with Crippen LogP contribution < -0.4 is 5.32 Å². The highest BCUT2D eigenvalue weighted by molar-refractivity contribution is 7.09. The summed E-state index contributed by atoms with van der Waals surface area (Å²) in [4.78, 5) is 11.8. The Morgan fingerprint density at radius 2 is 2.38 bits per heavy atom. The summed E-state index contributed by atoms with van der Waals surface area (Å²) in [5, 5.41) is 6.63. The highest BCUT2D eigenvalue weighted by atomic mass is 32.1. The van der Waals surface area contributed by atoms with E-state index in [2.05, 4.69) is 27.2 Å². The highest BCUT2D eigenvalue weighted by Crippen LogP contribution is 2.16. The molecule has 2 aromatic rings. The second kappa shape index (κ2) is 5.77. The number of H-pyrrole nitrogens is 1. The van der Waals surface area contributed by atoms with Crippen molar-refractivity contribution in [2.75, 3.05) is 6.54 Å². The third-order valence-electron chi connectivity index (χ3n) is 2.35. The van der Waals surface area contributed by atoms with Crippen molar-refractivity contribution in [2.24, 2.45) is 0 Å². The van der Waals surface area contributed by atoms with Gasteiger partial charge in [0.1, 0.15) is 5.82 Å². The maximum absolute atomic E-state index is 4.31. The van der Waals surface area contributed by atoms with Crippen molar-refractivity contribution < 1.29 is 0 Å². The molecule has 0 saturated heterocycles. The van der Waals surface area contributed by atoms with E-state index in [1.807, 2.05) is 17.8 Å². The van der Waals surface area contributed by atoms with E-state index in [4.69, 9.17) is 0 Å². The topological polar surface area (TPSA) is 53.6 Å². The zero-order valence-electron chi connectivity index (χ0n) is 9.31. The molecule has 5 heteroatoms. The lowest BCUT2D eigenvalue weighted by Crippen LogP contribution is -2.25. The quantitative estimate of drug-likeness (QED) is 0.808. The van der Waals surface area contributed by atoms with Crippen molar-refractivity contribution >= 4 is 11.3 Å². The van der Waals surface area contributed by atoms with Crippen LogP contribution in [0.2, 0.25) is 0 Å². The normalized spacial score (nSPS) is 12.8. The fraction of sp³-hybridized carbons (Fsp3) is 0.455.